The van der Waals surface area contributed by atoms with Gasteiger partial charge in [0.15, 0.2) is 0 Å². The maximum Gasteiger partial charge on any atom is 0.236 e. The number of carbonyl (C=O) groups is 1. The highest BCUT2D eigenvalue weighted by Crippen LogP contribution is 2.28. The normalized spacial score (nSPS) is 11.1. The van der Waals surface area contributed by atoms with Crippen LogP contribution in [0.5, 0.6) is 0 Å². The third kappa shape index (κ3) is 3.27. The second kappa shape index (κ2) is 4.34. The summed E-state index contributed by atoms with van der Waals surface area (Å²) in [5, 5.41) is 3.04. The fourth-order valence-corrected chi connectivity index (χ4v) is 1.47. The third-order valence-electron chi connectivity index (χ3n) is 2.19. The van der Waals surface area contributed by atoms with Crippen molar-refractivity contribution in [1.29, 1.82) is 0 Å². The predicted octanol–water partition coefficient (Wildman–Crippen LogP) is 1.88. The van der Waals surface area contributed by atoms with Crippen molar-refractivity contribution in [1.82, 2.24) is 0 Å². The van der Waals surface area contributed by atoms with Gasteiger partial charge in [-0.1, -0.05) is 39.0 Å². The van der Waals surface area contributed by atoms with Gasteiger partial charge >= 0.3 is 0 Å². The summed E-state index contributed by atoms with van der Waals surface area (Å²) >= 11 is 0. The molecule has 3 heteroatoms. The van der Waals surface area contributed by atoms with E-state index in [0.29, 0.717) is 0 Å². The molecule has 0 aliphatic rings. The maximum atomic E-state index is 10.7. The number of nitrogens with one attached hydrogen (secondary N) is 1. The molecule has 0 spiro atoms. The Morgan fingerprint density at radius 1 is 1.33 bits per heavy atom. The summed E-state index contributed by atoms with van der Waals surface area (Å²) in [6, 6.07) is 7.96. The van der Waals surface area contributed by atoms with Crippen LogP contribution in [-0.4, -0.2) is 12.5 Å². The lowest BCUT2D eigenvalue weighted by Crippen LogP contribution is -2.23. The molecule has 0 aliphatic carbocycles. The zero-order valence-corrected chi connectivity index (χ0v) is 9.50. The van der Waals surface area contributed by atoms with Crippen molar-refractivity contribution < 1.29 is 4.79 Å². The Hall–Kier alpha value is -1.51. The van der Waals surface area contributed by atoms with Gasteiger partial charge in [0.2, 0.25) is 5.91 Å². The molecule has 1 aromatic carbocycles. The minimum absolute atomic E-state index is 0.0568. The lowest BCUT2D eigenvalue weighted by Gasteiger charge is -2.23. The number of primary amides is 1. The van der Waals surface area contributed by atoms with Gasteiger partial charge in [0.25, 0.3) is 0 Å². The van der Waals surface area contributed by atoms with Gasteiger partial charge < -0.3 is 11.1 Å². The van der Waals surface area contributed by atoms with Crippen molar-refractivity contribution in [2.24, 2.45) is 5.73 Å². The standard InChI is InChI=1S/C12H18N2O/c1-12(2,3)9-6-4-5-7-10(9)14-8-11(13)15/h4-7,14H,8H2,1-3H3,(H2,13,15). The van der Waals surface area contributed by atoms with Crippen molar-refractivity contribution in [2.75, 3.05) is 11.9 Å². The van der Waals surface area contributed by atoms with E-state index in [1.807, 2.05) is 18.2 Å². The van der Waals surface area contributed by atoms with Gasteiger partial charge in [-0.05, 0) is 17.0 Å². The molecule has 0 heterocycles. The second-order valence-electron chi connectivity index (χ2n) is 4.62. The van der Waals surface area contributed by atoms with Crippen LogP contribution in [0.25, 0.3) is 0 Å². The Morgan fingerprint density at radius 3 is 2.47 bits per heavy atom. The molecule has 0 radical (unpaired) electrons. The molecule has 0 aliphatic heterocycles. The van der Waals surface area contributed by atoms with Crippen LogP contribution in [0.1, 0.15) is 26.3 Å². The number of hydrogen-bond donors (Lipinski definition) is 2. The topological polar surface area (TPSA) is 55.1 Å². The lowest BCUT2D eigenvalue weighted by atomic mass is 9.86. The first kappa shape index (κ1) is 11.6. The molecule has 1 amide bonds. The third-order valence-corrected chi connectivity index (χ3v) is 2.19. The molecule has 3 N–H and O–H groups in total. The smallest absolute Gasteiger partial charge is 0.236 e. The number of rotatable bonds is 3. The Kier molecular flexibility index (Phi) is 3.35. The van der Waals surface area contributed by atoms with Gasteiger partial charge in [-0.25, -0.2) is 0 Å². The van der Waals surface area contributed by atoms with Crippen LogP contribution in [0.4, 0.5) is 5.69 Å². The number of benzene rings is 1. The summed E-state index contributed by atoms with van der Waals surface area (Å²) < 4.78 is 0. The maximum absolute atomic E-state index is 10.7. The summed E-state index contributed by atoms with van der Waals surface area (Å²) in [5.41, 5.74) is 7.32. The van der Waals surface area contributed by atoms with Crippen LogP contribution in [-0.2, 0) is 10.2 Å². The molecule has 0 bridgehead atoms. The van der Waals surface area contributed by atoms with Gasteiger partial charge in [-0.3, -0.25) is 4.79 Å². The van der Waals surface area contributed by atoms with Crippen LogP contribution >= 0.6 is 0 Å². The second-order valence-corrected chi connectivity index (χ2v) is 4.62. The molecule has 1 aromatic rings. The van der Waals surface area contributed by atoms with E-state index in [9.17, 15) is 4.79 Å². The zero-order chi connectivity index (χ0) is 11.5. The summed E-state index contributed by atoms with van der Waals surface area (Å²) in [6.45, 7) is 6.58. The first-order chi connectivity index (χ1) is 6.91. The molecule has 3 nitrogen and oxygen atoms in total. The molecular weight excluding hydrogens is 188 g/mol. The van der Waals surface area contributed by atoms with Crippen molar-refractivity contribution >= 4 is 11.6 Å². The van der Waals surface area contributed by atoms with E-state index < -0.39 is 0 Å². The van der Waals surface area contributed by atoms with E-state index in [-0.39, 0.29) is 17.9 Å². The monoisotopic (exact) mass is 206 g/mol. The van der Waals surface area contributed by atoms with Crippen molar-refractivity contribution in [3.8, 4) is 0 Å². The van der Waals surface area contributed by atoms with E-state index in [1.165, 1.54) is 5.56 Å². The first-order valence-corrected chi connectivity index (χ1v) is 5.03. The quantitative estimate of drug-likeness (QED) is 0.793. The zero-order valence-electron chi connectivity index (χ0n) is 9.50. The van der Waals surface area contributed by atoms with Crippen molar-refractivity contribution in [3.05, 3.63) is 29.8 Å². The molecule has 82 valence electrons. The van der Waals surface area contributed by atoms with Crippen LogP contribution < -0.4 is 11.1 Å². The number of amides is 1. The number of carbonyl (C=O) groups excluding carboxylic acids is 1. The fourth-order valence-electron chi connectivity index (χ4n) is 1.47. The largest absolute Gasteiger partial charge is 0.376 e. The molecular formula is C12H18N2O. The predicted molar refractivity (Wildman–Crippen MR) is 62.8 cm³/mol. The summed E-state index contributed by atoms with van der Waals surface area (Å²) in [5.74, 6) is -0.348. The van der Waals surface area contributed by atoms with Crippen LogP contribution in [0.2, 0.25) is 0 Å². The van der Waals surface area contributed by atoms with E-state index in [4.69, 9.17) is 5.73 Å². The molecule has 0 saturated carbocycles. The highest BCUT2D eigenvalue weighted by atomic mass is 16.1. The van der Waals surface area contributed by atoms with Crippen LogP contribution in [0, 0.1) is 0 Å². The fraction of sp³-hybridized carbons (Fsp3) is 0.417. The average molecular weight is 206 g/mol. The van der Waals surface area contributed by atoms with E-state index in [2.05, 4.69) is 32.2 Å². The lowest BCUT2D eigenvalue weighted by molar-refractivity contribution is -0.116. The van der Waals surface area contributed by atoms with Gasteiger partial charge in [0, 0.05) is 5.69 Å². The molecule has 0 saturated heterocycles. The Balaban J connectivity index is 2.92. The van der Waals surface area contributed by atoms with Gasteiger partial charge in [-0.15, -0.1) is 0 Å². The molecule has 0 fully saturated rings. The highest BCUT2D eigenvalue weighted by molar-refractivity contribution is 5.79. The van der Waals surface area contributed by atoms with Gasteiger partial charge in [0.05, 0.1) is 6.54 Å². The Bertz CT molecular complexity index is 353. The van der Waals surface area contributed by atoms with Crippen molar-refractivity contribution in [2.45, 2.75) is 26.2 Å². The van der Waals surface area contributed by atoms with Gasteiger partial charge in [0.1, 0.15) is 0 Å². The number of nitrogens with two attached hydrogens (primary N) is 1. The SMILES string of the molecule is CC(C)(C)c1ccccc1NCC(N)=O. The number of anilines is 1. The summed E-state index contributed by atoms with van der Waals surface area (Å²) in [6.07, 6.45) is 0. The van der Waals surface area contributed by atoms with E-state index >= 15 is 0 Å². The Labute approximate surface area is 90.7 Å². The first-order valence-electron chi connectivity index (χ1n) is 5.03. The molecule has 15 heavy (non-hydrogen) atoms. The van der Waals surface area contributed by atoms with E-state index in [0.717, 1.165) is 5.69 Å². The highest BCUT2D eigenvalue weighted by Gasteiger charge is 2.17. The Morgan fingerprint density at radius 2 is 1.93 bits per heavy atom. The van der Waals surface area contributed by atoms with Gasteiger partial charge in [-0.2, -0.15) is 0 Å². The number of para-hydroxylation sites is 1. The summed E-state index contributed by atoms with van der Waals surface area (Å²) in [4.78, 5) is 10.7. The van der Waals surface area contributed by atoms with Crippen LogP contribution in [0.15, 0.2) is 24.3 Å². The average Bonchev–Trinajstić information content (AvgIpc) is 2.13. The minimum Gasteiger partial charge on any atom is -0.376 e. The minimum atomic E-state index is -0.348. The molecule has 0 unspecified atom stereocenters. The van der Waals surface area contributed by atoms with E-state index in [1.54, 1.807) is 0 Å². The number of hydrogen-bond acceptors (Lipinski definition) is 2. The summed E-state index contributed by atoms with van der Waals surface area (Å²) in [7, 11) is 0. The van der Waals surface area contributed by atoms with Crippen LogP contribution in [0.3, 0.4) is 0 Å². The van der Waals surface area contributed by atoms with Crippen molar-refractivity contribution in [3.63, 3.8) is 0 Å². The molecule has 0 aromatic heterocycles. The molecule has 1 rings (SSSR count). The molecule has 0 atom stereocenters.